The SMILES string of the molecule is Cc1ccc(N(c2ccc(B3OC(C)(C)C(C)(C)O3)cc2)c2ccc3c(c2)-c2cc(N(c4ccc(C)cc4)c4ccc(B5OC(C)(C)C(C)(C)O5)cc4)ccc2C3(F)F)cc1. The minimum atomic E-state index is -3.18. The number of nitrogens with zero attached hydrogens (tertiary/aromatic N) is 2. The van der Waals surface area contributed by atoms with Crippen molar-refractivity contribution >= 4 is 59.3 Å². The molecule has 0 spiro atoms. The molecule has 10 heteroatoms. The molecule has 0 N–H and O–H groups in total. The number of fused-ring (bicyclic) bond motifs is 3. The second-order valence-corrected chi connectivity index (χ2v) is 18.7. The third-order valence-corrected chi connectivity index (χ3v) is 13.4. The Morgan fingerprint density at radius 1 is 0.377 bits per heavy atom. The second-order valence-electron chi connectivity index (χ2n) is 18.7. The highest BCUT2D eigenvalue weighted by atomic mass is 19.3. The molecule has 61 heavy (non-hydrogen) atoms. The number of halogens is 2. The van der Waals surface area contributed by atoms with Crippen molar-refractivity contribution in [2.24, 2.45) is 0 Å². The highest BCUT2D eigenvalue weighted by Gasteiger charge is 2.53. The maximum Gasteiger partial charge on any atom is 0.494 e. The first-order valence-corrected chi connectivity index (χ1v) is 21.1. The van der Waals surface area contributed by atoms with E-state index in [1.165, 1.54) is 0 Å². The molecule has 2 aliphatic heterocycles. The van der Waals surface area contributed by atoms with Gasteiger partial charge in [0.05, 0.1) is 22.4 Å². The van der Waals surface area contributed by atoms with Crippen molar-refractivity contribution in [1.82, 2.24) is 0 Å². The molecular weight excluding hydrogens is 764 g/mol. The van der Waals surface area contributed by atoms with Gasteiger partial charge in [-0.2, -0.15) is 8.78 Å². The Hall–Kier alpha value is -5.25. The van der Waals surface area contributed by atoms with Crippen molar-refractivity contribution in [2.45, 2.75) is 97.6 Å². The van der Waals surface area contributed by atoms with Crippen LogP contribution < -0.4 is 20.7 Å². The van der Waals surface area contributed by atoms with E-state index < -0.39 is 42.6 Å². The number of anilines is 6. The van der Waals surface area contributed by atoms with Crippen LogP contribution in [-0.2, 0) is 24.5 Å². The molecule has 0 unspecified atom stereocenters. The van der Waals surface area contributed by atoms with E-state index in [0.717, 1.165) is 56.2 Å². The van der Waals surface area contributed by atoms with Gasteiger partial charge in [0.1, 0.15) is 0 Å². The van der Waals surface area contributed by atoms with Gasteiger partial charge in [0, 0.05) is 45.3 Å². The molecule has 9 rings (SSSR count). The van der Waals surface area contributed by atoms with Crippen LogP contribution in [0.25, 0.3) is 11.1 Å². The lowest BCUT2D eigenvalue weighted by atomic mass is 9.79. The maximum absolute atomic E-state index is 16.5. The number of rotatable bonds is 8. The predicted molar refractivity (Wildman–Crippen MR) is 245 cm³/mol. The van der Waals surface area contributed by atoms with E-state index in [-0.39, 0.29) is 11.1 Å². The van der Waals surface area contributed by atoms with Crippen molar-refractivity contribution in [2.75, 3.05) is 9.80 Å². The Labute approximate surface area is 359 Å². The van der Waals surface area contributed by atoms with Crippen LogP contribution >= 0.6 is 0 Å². The summed E-state index contributed by atoms with van der Waals surface area (Å²) < 4.78 is 58.4. The van der Waals surface area contributed by atoms with Crippen molar-refractivity contribution in [3.05, 3.63) is 156 Å². The first-order valence-electron chi connectivity index (χ1n) is 21.1. The quantitative estimate of drug-likeness (QED) is 0.143. The number of hydrogen-bond donors (Lipinski definition) is 0. The highest BCUT2D eigenvalue weighted by molar-refractivity contribution is 6.62. The van der Waals surface area contributed by atoms with Crippen molar-refractivity contribution in [3.8, 4) is 11.1 Å². The smallest absolute Gasteiger partial charge is 0.399 e. The van der Waals surface area contributed by atoms with Gasteiger partial charge in [-0.1, -0.05) is 59.7 Å². The third-order valence-electron chi connectivity index (χ3n) is 13.4. The zero-order chi connectivity index (χ0) is 43.3. The van der Waals surface area contributed by atoms with E-state index in [4.69, 9.17) is 18.6 Å². The summed E-state index contributed by atoms with van der Waals surface area (Å²) in [6.45, 7) is 20.4. The average molecular weight is 817 g/mol. The van der Waals surface area contributed by atoms with Gasteiger partial charge in [0.2, 0.25) is 0 Å². The molecule has 0 saturated carbocycles. The summed E-state index contributed by atoms with van der Waals surface area (Å²) in [6.07, 6.45) is 0. The predicted octanol–water partition coefficient (Wildman–Crippen LogP) is 12.0. The fraction of sp³-hybridized carbons (Fsp3) is 0.294. The lowest BCUT2D eigenvalue weighted by Gasteiger charge is -2.32. The first-order chi connectivity index (χ1) is 28.7. The Kier molecular flexibility index (Phi) is 9.72. The Bertz CT molecular complexity index is 2400. The van der Waals surface area contributed by atoms with Crippen LogP contribution in [0.3, 0.4) is 0 Å². The summed E-state index contributed by atoms with van der Waals surface area (Å²) >= 11 is 0. The Morgan fingerprint density at radius 3 is 0.934 bits per heavy atom. The van der Waals surface area contributed by atoms with E-state index in [1.54, 1.807) is 24.3 Å². The molecule has 6 aromatic rings. The largest absolute Gasteiger partial charge is 0.494 e. The summed E-state index contributed by atoms with van der Waals surface area (Å²) in [5, 5.41) is 0. The molecule has 6 aromatic carbocycles. The topological polar surface area (TPSA) is 43.4 Å². The van der Waals surface area contributed by atoms with Crippen LogP contribution in [0.1, 0.15) is 77.6 Å². The monoisotopic (exact) mass is 816 g/mol. The van der Waals surface area contributed by atoms with E-state index in [1.807, 2.05) is 130 Å². The number of benzene rings is 6. The highest BCUT2D eigenvalue weighted by Crippen LogP contribution is 2.54. The molecule has 2 fully saturated rings. The van der Waals surface area contributed by atoms with Gasteiger partial charge in [-0.15, -0.1) is 0 Å². The molecule has 0 radical (unpaired) electrons. The van der Waals surface area contributed by atoms with Gasteiger partial charge in [-0.25, -0.2) is 0 Å². The summed E-state index contributed by atoms with van der Waals surface area (Å²) in [6, 6.07) is 43.2. The molecule has 2 heterocycles. The van der Waals surface area contributed by atoms with Gasteiger partial charge in [0.15, 0.2) is 0 Å². The lowest BCUT2D eigenvalue weighted by molar-refractivity contribution is 0.00578. The summed E-state index contributed by atoms with van der Waals surface area (Å²) in [5.74, 6) is -3.18. The Balaban J connectivity index is 1.11. The number of alkyl halides is 2. The second kappa shape index (κ2) is 14.4. The van der Waals surface area contributed by atoms with Gasteiger partial charge >= 0.3 is 14.2 Å². The van der Waals surface area contributed by atoms with Crippen LogP contribution in [-0.4, -0.2) is 36.6 Å². The van der Waals surface area contributed by atoms with Crippen LogP contribution in [0.4, 0.5) is 42.9 Å². The molecule has 3 aliphatic rings. The third kappa shape index (κ3) is 7.07. The molecule has 6 nitrogen and oxygen atoms in total. The van der Waals surface area contributed by atoms with E-state index in [0.29, 0.717) is 11.1 Å². The Morgan fingerprint density at radius 2 is 0.639 bits per heavy atom. The van der Waals surface area contributed by atoms with Crippen molar-refractivity contribution < 1.29 is 27.4 Å². The molecule has 0 bridgehead atoms. The van der Waals surface area contributed by atoms with Crippen molar-refractivity contribution in [3.63, 3.8) is 0 Å². The van der Waals surface area contributed by atoms with Crippen LogP contribution in [0.5, 0.6) is 0 Å². The molecule has 0 aromatic heterocycles. The lowest BCUT2D eigenvalue weighted by Crippen LogP contribution is -2.41. The molecule has 310 valence electrons. The fourth-order valence-corrected chi connectivity index (χ4v) is 8.28. The zero-order valence-corrected chi connectivity index (χ0v) is 36.6. The zero-order valence-electron chi connectivity index (χ0n) is 36.6. The summed E-state index contributed by atoms with van der Waals surface area (Å²) in [4.78, 5) is 4.21. The molecule has 1 aliphatic carbocycles. The maximum atomic E-state index is 16.5. The van der Waals surface area contributed by atoms with Crippen LogP contribution in [0.2, 0.25) is 0 Å². The van der Waals surface area contributed by atoms with Gasteiger partial charge < -0.3 is 28.4 Å². The molecule has 2 saturated heterocycles. The summed E-state index contributed by atoms with van der Waals surface area (Å²) in [5.41, 5.74) is 8.20. The number of aryl methyl sites for hydroxylation is 2. The van der Waals surface area contributed by atoms with Gasteiger partial charge in [-0.3, -0.25) is 0 Å². The molecule has 0 amide bonds. The normalized spacial score (nSPS) is 18.8. The van der Waals surface area contributed by atoms with Gasteiger partial charge in [0.25, 0.3) is 5.92 Å². The van der Waals surface area contributed by atoms with Crippen LogP contribution in [0.15, 0.2) is 133 Å². The number of hydrogen-bond acceptors (Lipinski definition) is 6. The van der Waals surface area contributed by atoms with Crippen LogP contribution in [0, 0.1) is 13.8 Å². The van der Waals surface area contributed by atoms with E-state index in [2.05, 4.69) is 58.3 Å². The first kappa shape index (κ1) is 41.1. The minimum Gasteiger partial charge on any atom is -0.399 e. The molecule has 0 atom stereocenters. The van der Waals surface area contributed by atoms with E-state index >= 15 is 8.78 Å². The van der Waals surface area contributed by atoms with Crippen molar-refractivity contribution in [1.29, 1.82) is 0 Å². The molecular formula is C51H52B2F2N2O4. The standard InChI is InChI=1S/C51H52B2F2N2O4/c1-33-11-19-37(20-12-33)56(39-23-15-35(16-24-39)52-58-47(3,4)48(5,6)59-52)41-27-29-45-43(31-41)44-32-42(28-30-46(44)51(45,54)55)57(38-21-13-34(2)14-22-38)40-25-17-36(18-26-40)53-60-49(7,8)50(9,10)61-53/h11-32H,1-10H3. The average Bonchev–Trinajstić information content (AvgIpc) is 3.69. The minimum absolute atomic E-state index is 0.0167. The van der Waals surface area contributed by atoms with E-state index in [9.17, 15) is 0 Å². The van der Waals surface area contributed by atoms with Gasteiger partial charge in [-0.05, 0) is 176 Å². The summed E-state index contributed by atoms with van der Waals surface area (Å²) in [7, 11) is -1.01. The fourth-order valence-electron chi connectivity index (χ4n) is 8.28.